The van der Waals surface area contributed by atoms with E-state index in [4.69, 9.17) is 9.47 Å². The van der Waals surface area contributed by atoms with Gasteiger partial charge in [0.25, 0.3) is 5.91 Å². The van der Waals surface area contributed by atoms with Crippen molar-refractivity contribution in [2.75, 3.05) is 33.4 Å². The van der Waals surface area contributed by atoms with Crippen LogP contribution in [0.5, 0.6) is 5.88 Å². The molecule has 1 N–H and O–H groups in total. The number of pyridine rings is 1. The molecule has 3 heterocycles. The molecule has 1 amide bonds. The number of rotatable bonds is 4. The van der Waals surface area contributed by atoms with Crippen LogP contribution >= 0.6 is 0 Å². The topological polar surface area (TPSA) is 63.7 Å². The van der Waals surface area contributed by atoms with Gasteiger partial charge in [-0.25, -0.2) is 4.98 Å². The highest BCUT2D eigenvalue weighted by molar-refractivity contribution is 5.96. The van der Waals surface area contributed by atoms with Gasteiger partial charge in [-0.15, -0.1) is 0 Å². The van der Waals surface area contributed by atoms with Gasteiger partial charge in [-0.1, -0.05) is 6.42 Å². The van der Waals surface area contributed by atoms with Crippen molar-refractivity contribution in [2.24, 2.45) is 0 Å². The molecule has 0 saturated carbocycles. The molecular weight excluding hydrogens is 282 g/mol. The Morgan fingerprint density at radius 3 is 2.95 bits per heavy atom. The van der Waals surface area contributed by atoms with Gasteiger partial charge in [0.1, 0.15) is 5.56 Å². The van der Waals surface area contributed by atoms with Gasteiger partial charge < -0.3 is 14.8 Å². The van der Waals surface area contributed by atoms with Crippen LogP contribution < -0.4 is 10.1 Å². The fraction of sp³-hybridized carbons (Fsp3) is 0.625. The molecule has 0 aromatic carbocycles. The molecule has 1 aromatic heterocycles. The average molecular weight is 305 g/mol. The van der Waals surface area contributed by atoms with Crippen LogP contribution in [-0.2, 0) is 4.74 Å². The molecule has 6 nitrogen and oxygen atoms in total. The van der Waals surface area contributed by atoms with Crippen molar-refractivity contribution in [3.63, 3.8) is 0 Å². The number of nitrogens with zero attached hydrogens (tertiary/aromatic N) is 2. The number of aromatic nitrogens is 1. The lowest BCUT2D eigenvalue weighted by Crippen LogP contribution is -2.52. The van der Waals surface area contributed by atoms with Crippen molar-refractivity contribution >= 4 is 5.91 Å². The zero-order valence-corrected chi connectivity index (χ0v) is 13.0. The first-order valence-electron chi connectivity index (χ1n) is 7.91. The summed E-state index contributed by atoms with van der Waals surface area (Å²) in [4.78, 5) is 19.0. The van der Waals surface area contributed by atoms with E-state index in [0.29, 0.717) is 24.7 Å². The second-order valence-corrected chi connectivity index (χ2v) is 5.84. The van der Waals surface area contributed by atoms with E-state index in [1.165, 1.54) is 26.4 Å². The predicted octanol–water partition coefficient (Wildman–Crippen LogP) is 1.07. The maximum Gasteiger partial charge on any atom is 0.257 e. The quantitative estimate of drug-likeness (QED) is 0.901. The van der Waals surface area contributed by atoms with Crippen molar-refractivity contribution in [3.8, 4) is 5.88 Å². The molecule has 6 heteroatoms. The third kappa shape index (κ3) is 3.23. The Morgan fingerprint density at radius 1 is 1.36 bits per heavy atom. The highest BCUT2D eigenvalue weighted by atomic mass is 16.5. The van der Waals surface area contributed by atoms with E-state index in [0.717, 1.165) is 13.1 Å². The summed E-state index contributed by atoms with van der Waals surface area (Å²) < 4.78 is 10.8. The van der Waals surface area contributed by atoms with Crippen LogP contribution in [0, 0.1) is 0 Å². The number of nitrogens with one attached hydrogen (secondary N) is 1. The first-order chi connectivity index (χ1) is 10.8. The van der Waals surface area contributed by atoms with Crippen LogP contribution in [0.15, 0.2) is 18.3 Å². The van der Waals surface area contributed by atoms with Gasteiger partial charge in [0.2, 0.25) is 5.88 Å². The molecule has 1 aromatic rings. The number of carbonyl (C=O) groups is 1. The summed E-state index contributed by atoms with van der Waals surface area (Å²) >= 11 is 0. The van der Waals surface area contributed by atoms with Crippen LogP contribution in [0.4, 0.5) is 0 Å². The molecule has 0 radical (unpaired) electrons. The van der Waals surface area contributed by atoms with E-state index < -0.39 is 0 Å². The van der Waals surface area contributed by atoms with E-state index in [1.54, 1.807) is 18.3 Å². The number of amides is 1. The van der Waals surface area contributed by atoms with Crippen LogP contribution in [0.1, 0.15) is 29.6 Å². The summed E-state index contributed by atoms with van der Waals surface area (Å²) in [6.07, 6.45) is 5.38. The van der Waals surface area contributed by atoms with Gasteiger partial charge in [-0.3, -0.25) is 9.69 Å². The molecule has 0 bridgehead atoms. The SMILES string of the molecule is COc1ncccc1C(=O)NC1COCC1N1CCCCC1. The minimum atomic E-state index is -0.151. The van der Waals surface area contributed by atoms with Crippen molar-refractivity contribution < 1.29 is 14.3 Å². The first-order valence-corrected chi connectivity index (χ1v) is 7.91. The molecule has 2 saturated heterocycles. The number of hydrogen-bond donors (Lipinski definition) is 1. The normalized spacial score (nSPS) is 25.9. The Balaban J connectivity index is 1.67. The number of hydrogen-bond acceptors (Lipinski definition) is 5. The van der Waals surface area contributed by atoms with E-state index >= 15 is 0 Å². The van der Waals surface area contributed by atoms with Crippen molar-refractivity contribution in [3.05, 3.63) is 23.9 Å². The smallest absolute Gasteiger partial charge is 0.257 e. The summed E-state index contributed by atoms with van der Waals surface area (Å²) in [6.45, 7) is 3.44. The molecule has 120 valence electrons. The molecule has 2 unspecified atom stereocenters. The Bertz CT molecular complexity index is 517. The molecule has 2 aliphatic heterocycles. The molecule has 2 atom stereocenters. The van der Waals surface area contributed by atoms with E-state index in [2.05, 4.69) is 15.2 Å². The van der Waals surface area contributed by atoms with E-state index in [1.807, 2.05) is 0 Å². The number of piperidine rings is 1. The standard InChI is InChI=1S/C16H23N3O3/c1-21-16-12(6-5-7-17-16)15(20)18-13-10-22-11-14(13)19-8-3-2-4-9-19/h5-7,13-14H,2-4,8-11H2,1H3,(H,18,20). The van der Waals surface area contributed by atoms with Gasteiger partial charge in [0, 0.05) is 6.20 Å². The lowest BCUT2D eigenvalue weighted by Gasteiger charge is -2.34. The van der Waals surface area contributed by atoms with Gasteiger partial charge in [0.15, 0.2) is 0 Å². The van der Waals surface area contributed by atoms with Crippen LogP contribution in [0.25, 0.3) is 0 Å². The predicted molar refractivity (Wildman–Crippen MR) is 82.1 cm³/mol. The molecule has 2 fully saturated rings. The monoisotopic (exact) mass is 305 g/mol. The van der Waals surface area contributed by atoms with E-state index in [-0.39, 0.29) is 18.0 Å². The minimum Gasteiger partial charge on any atom is -0.480 e. The van der Waals surface area contributed by atoms with Crippen LogP contribution in [0.2, 0.25) is 0 Å². The molecule has 0 aliphatic carbocycles. The van der Waals surface area contributed by atoms with Crippen LogP contribution in [-0.4, -0.2) is 61.3 Å². The largest absolute Gasteiger partial charge is 0.480 e. The molecule has 0 spiro atoms. The lowest BCUT2D eigenvalue weighted by atomic mass is 10.0. The zero-order chi connectivity index (χ0) is 15.4. The summed E-state index contributed by atoms with van der Waals surface area (Å²) in [5.41, 5.74) is 0.467. The second-order valence-electron chi connectivity index (χ2n) is 5.84. The van der Waals surface area contributed by atoms with Crippen LogP contribution in [0.3, 0.4) is 0 Å². The summed E-state index contributed by atoms with van der Waals surface area (Å²) in [7, 11) is 1.52. The molecule has 22 heavy (non-hydrogen) atoms. The number of methoxy groups -OCH3 is 1. The van der Waals surface area contributed by atoms with Gasteiger partial charge in [0.05, 0.1) is 32.4 Å². The maximum atomic E-state index is 12.5. The van der Waals surface area contributed by atoms with Crippen molar-refractivity contribution in [1.29, 1.82) is 0 Å². The molecular formula is C16H23N3O3. The Kier molecular flexibility index (Phi) is 4.90. The Morgan fingerprint density at radius 2 is 2.18 bits per heavy atom. The maximum absolute atomic E-state index is 12.5. The van der Waals surface area contributed by atoms with Crippen molar-refractivity contribution in [2.45, 2.75) is 31.3 Å². The first kappa shape index (κ1) is 15.2. The van der Waals surface area contributed by atoms with Gasteiger partial charge >= 0.3 is 0 Å². The summed E-state index contributed by atoms with van der Waals surface area (Å²) in [5, 5.41) is 3.09. The Hall–Kier alpha value is -1.66. The van der Waals surface area contributed by atoms with Gasteiger partial charge in [-0.2, -0.15) is 0 Å². The van der Waals surface area contributed by atoms with Gasteiger partial charge in [-0.05, 0) is 38.1 Å². The third-order valence-corrected chi connectivity index (χ3v) is 4.44. The van der Waals surface area contributed by atoms with E-state index in [9.17, 15) is 4.79 Å². The van der Waals surface area contributed by atoms with Crippen molar-refractivity contribution in [1.82, 2.24) is 15.2 Å². The fourth-order valence-corrected chi connectivity index (χ4v) is 3.26. The number of carbonyl (C=O) groups excluding carboxylic acids is 1. The fourth-order valence-electron chi connectivity index (χ4n) is 3.26. The zero-order valence-electron chi connectivity index (χ0n) is 13.0. The molecule has 3 rings (SSSR count). The number of ether oxygens (including phenoxy) is 2. The number of likely N-dealkylation sites (tertiary alicyclic amines) is 1. The third-order valence-electron chi connectivity index (χ3n) is 4.44. The minimum absolute atomic E-state index is 0.0236. The molecule has 2 aliphatic rings. The highest BCUT2D eigenvalue weighted by Crippen LogP contribution is 2.20. The Labute approximate surface area is 130 Å². The summed E-state index contributed by atoms with van der Waals surface area (Å²) in [5.74, 6) is 0.205. The average Bonchev–Trinajstić information content (AvgIpc) is 3.03. The summed E-state index contributed by atoms with van der Waals surface area (Å²) in [6, 6.07) is 3.76. The lowest BCUT2D eigenvalue weighted by molar-refractivity contribution is 0.0896. The highest BCUT2D eigenvalue weighted by Gasteiger charge is 2.35. The second kappa shape index (κ2) is 7.07.